The Bertz CT molecular complexity index is 1250. The molecule has 0 aliphatic carbocycles. The molecule has 3 heterocycles. The molecule has 0 fully saturated rings. The van der Waals surface area contributed by atoms with E-state index in [1.807, 2.05) is 18.2 Å². The third kappa shape index (κ3) is 2.79. The molecule has 1 aliphatic heterocycles. The van der Waals surface area contributed by atoms with Crippen LogP contribution in [0, 0.1) is 11.6 Å². The van der Waals surface area contributed by atoms with Crippen molar-refractivity contribution < 1.29 is 8.78 Å². The Morgan fingerprint density at radius 1 is 0.857 bits per heavy atom. The second kappa shape index (κ2) is 6.49. The number of amidine groups is 1. The first-order valence-corrected chi connectivity index (χ1v) is 8.79. The molecule has 6 heteroatoms. The lowest BCUT2D eigenvalue weighted by molar-refractivity contribution is 0.628. The van der Waals surface area contributed by atoms with Gasteiger partial charge in [0.05, 0.1) is 18.4 Å². The molecule has 0 amide bonds. The number of nitrogens with one attached hydrogen (secondary N) is 1. The van der Waals surface area contributed by atoms with Crippen LogP contribution in [-0.4, -0.2) is 15.8 Å². The molecule has 136 valence electrons. The van der Waals surface area contributed by atoms with Gasteiger partial charge in [-0.15, -0.1) is 0 Å². The van der Waals surface area contributed by atoms with Gasteiger partial charge in [0, 0.05) is 33.8 Å². The van der Waals surface area contributed by atoms with E-state index in [1.165, 1.54) is 12.1 Å². The third-order valence-electron chi connectivity index (χ3n) is 4.72. The van der Waals surface area contributed by atoms with Crippen molar-refractivity contribution in [2.45, 2.75) is 6.54 Å². The fourth-order valence-electron chi connectivity index (χ4n) is 3.41. The number of fused-ring (bicyclic) bond motifs is 2. The van der Waals surface area contributed by atoms with Crippen molar-refractivity contribution in [3.05, 3.63) is 89.9 Å². The second-order valence-corrected chi connectivity index (χ2v) is 6.53. The molecule has 5 rings (SSSR count). The maximum atomic E-state index is 14.5. The maximum absolute atomic E-state index is 14.5. The van der Waals surface area contributed by atoms with Crippen LogP contribution in [0.3, 0.4) is 0 Å². The molecule has 28 heavy (non-hydrogen) atoms. The van der Waals surface area contributed by atoms with Crippen molar-refractivity contribution in [1.82, 2.24) is 9.97 Å². The van der Waals surface area contributed by atoms with Crippen LogP contribution in [0.2, 0.25) is 0 Å². The lowest BCUT2D eigenvalue weighted by atomic mass is 10.0. The average Bonchev–Trinajstić information content (AvgIpc) is 3.12. The number of halogens is 2. The topological polar surface area (TPSA) is 50.2 Å². The SMILES string of the molecule is Fc1cccc(-c2ncc(F)c3cc(NC4=NCc5cccnc54)ccc23)c1. The quantitative estimate of drug-likeness (QED) is 0.542. The molecule has 4 nitrogen and oxygen atoms in total. The highest BCUT2D eigenvalue weighted by Crippen LogP contribution is 2.31. The van der Waals surface area contributed by atoms with E-state index in [1.54, 1.807) is 30.5 Å². The highest BCUT2D eigenvalue weighted by Gasteiger charge is 2.17. The summed E-state index contributed by atoms with van der Waals surface area (Å²) in [6.45, 7) is 0.571. The zero-order valence-corrected chi connectivity index (χ0v) is 14.7. The average molecular weight is 372 g/mol. The minimum absolute atomic E-state index is 0.361. The zero-order valence-electron chi connectivity index (χ0n) is 14.7. The smallest absolute Gasteiger partial charge is 0.152 e. The van der Waals surface area contributed by atoms with Gasteiger partial charge in [0.1, 0.15) is 17.3 Å². The predicted molar refractivity (Wildman–Crippen MR) is 105 cm³/mol. The fraction of sp³-hybridized carbons (Fsp3) is 0.0455. The van der Waals surface area contributed by atoms with Crippen molar-refractivity contribution in [2.24, 2.45) is 4.99 Å². The predicted octanol–water partition coefficient (Wildman–Crippen LogP) is 4.95. The van der Waals surface area contributed by atoms with Crippen molar-refractivity contribution in [3.8, 4) is 11.3 Å². The van der Waals surface area contributed by atoms with Crippen LogP contribution in [0.4, 0.5) is 14.5 Å². The molecule has 1 aliphatic rings. The van der Waals surface area contributed by atoms with Crippen molar-refractivity contribution in [2.75, 3.05) is 5.32 Å². The molecule has 2 aromatic carbocycles. The van der Waals surface area contributed by atoms with Crippen LogP contribution in [0.15, 0.2) is 72.0 Å². The van der Waals surface area contributed by atoms with Crippen molar-refractivity contribution >= 4 is 22.3 Å². The van der Waals surface area contributed by atoms with Crippen LogP contribution >= 0.6 is 0 Å². The molecule has 4 aromatic rings. The number of rotatable bonds is 2. The number of pyridine rings is 2. The summed E-state index contributed by atoms with van der Waals surface area (Å²) in [6.07, 6.45) is 2.88. The molecular weight excluding hydrogens is 358 g/mol. The van der Waals surface area contributed by atoms with Gasteiger partial charge in [-0.2, -0.15) is 0 Å². The van der Waals surface area contributed by atoms with Crippen LogP contribution in [0.1, 0.15) is 11.3 Å². The maximum Gasteiger partial charge on any atom is 0.152 e. The molecule has 0 spiro atoms. The van der Waals surface area contributed by atoms with Crippen molar-refractivity contribution in [1.29, 1.82) is 0 Å². The van der Waals surface area contributed by atoms with Gasteiger partial charge in [-0.1, -0.05) is 24.3 Å². The summed E-state index contributed by atoms with van der Waals surface area (Å²) in [5.74, 6) is -0.138. The van der Waals surface area contributed by atoms with E-state index in [9.17, 15) is 8.78 Å². The summed E-state index contributed by atoms with van der Waals surface area (Å²) in [5.41, 5.74) is 3.68. The Balaban J connectivity index is 1.56. The minimum Gasteiger partial charge on any atom is -0.339 e. The summed E-state index contributed by atoms with van der Waals surface area (Å²) >= 11 is 0. The lowest BCUT2D eigenvalue weighted by Gasteiger charge is -2.11. The van der Waals surface area contributed by atoms with E-state index in [4.69, 9.17) is 0 Å². The minimum atomic E-state index is -0.439. The highest BCUT2D eigenvalue weighted by molar-refractivity contribution is 6.10. The van der Waals surface area contributed by atoms with Crippen LogP contribution < -0.4 is 5.32 Å². The van der Waals surface area contributed by atoms with E-state index in [0.29, 0.717) is 40.1 Å². The van der Waals surface area contributed by atoms with Crippen molar-refractivity contribution in [3.63, 3.8) is 0 Å². The van der Waals surface area contributed by atoms with Gasteiger partial charge in [0.25, 0.3) is 0 Å². The summed E-state index contributed by atoms with van der Waals surface area (Å²) in [7, 11) is 0. The molecule has 0 atom stereocenters. The van der Waals surface area contributed by atoms with Crippen LogP contribution in [0.5, 0.6) is 0 Å². The Kier molecular flexibility index (Phi) is 3.83. The lowest BCUT2D eigenvalue weighted by Crippen LogP contribution is -2.13. The van der Waals surface area contributed by atoms with Gasteiger partial charge in [0.15, 0.2) is 5.84 Å². The Labute approximate surface area is 159 Å². The highest BCUT2D eigenvalue weighted by atomic mass is 19.1. The first-order valence-electron chi connectivity index (χ1n) is 8.79. The molecule has 0 saturated heterocycles. The first-order chi connectivity index (χ1) is 13.7. The zero-order chi connectivity index (χ0) is 19.1. The van der Waals surface area contributed by atoms with Gasteiger partial charge in [-0.3, -0.25) is 15.0 Å². The summed E-state index contributed by atoms with van der Waals surface area (Å²) < 4.78 is 28.1. The van der Waals surface area contributed by atoms with E-state index in [2.05, 4.69) is 20.3 Å². The largest absolute Gasteiger partial charge is 0.339 e. The summed E-state index contributed by atoms with van der Waals surface area (Å²) in [6, 6.07) is 15.3. The number of nitrogens with zero attached hydrogens (tertiary/aromatic N) is 3. The van der Waals surface area contributed by atoms with Gasteiger partial charge < -0.3 is 5.32 Å². The van der Waals surface area contributed by atoms with Crippen LogP contribution in [0.25, 0.3) is 22.0 Å². The van der Waals surface area contributed by atoms with E-state index in [-0.39, 0.29) is 5.82 Å². The summed E-state index contributed by atoms with van der Waals surface area (Å²) in [5, 5.41) is 4.24. The molecule has 0 bridgehead atoms. The number of aliphatic imine (C=N–C) groups is 1. The second-order valence-electron chi connectivity index (χ2n) is 6.53. The molecule has 1 N–H and O–H groups in total. The molecule has 0 radical (unpaired) electrons. The molecule has 2 aromatic heterocycles. The normalized spacial score (nSPS) is 12.7. The third-order valence-corrected chi connectivity index (χ3v) is 4.72. The monoisotopic (exact) mass is 372 g/mol. The Morgan fingerprint density at radius 2 is 1.79 bits per heavy atom. The number of benzene rings is 2. The summed E-state index contributed by atoms with van der Waals surface area (Å²) in [4.78, 5) is 13.0. The van der Waals surface area contributed by atoms with Gasteiger partial charge >= 0.3 is 0 Å². The standard InChI is InChI=1S/C22H14F2N4/c23-15-5-1-3-13(9-15)20-17-7-6-16(10-18(17)19(24)12-26-20)28-22-21-14(11-27-22)4-2-8-25-21/h1-10,12H,11H2,(H,27,28). The van der Waals surface area contributed by atoms with E-state index < -0.39 is 5.82 Å². The Hall–Kier alpha value is -3.67. The Morgan fingerprint density at radius 3 is 2.68 bits per heavy atom. The molecule has 0 saturated carbocycles. The number of hydrogen-bond donors (Lipinski definition) is 1. The first kappa shape index (κ1) is 16.5. The number of aromatic nitrogens is 2. The molecular formula is C22H14F2N4. The fourth-order valence-corrected chi connectivity index (χ4v) is 3.41. The van der Waals surface area contributed by atoms with Gasteiger partial charge in [0.2, 0.25) is 0 Å². The number of anilines is 1. The van der Waals surface area contributed by atoms with Gasteiger partial charge in [-0.25, -0.2) is 8.78 Å². The van der Waals surface area contributed by atoms with E-state index >= 15 is 0 Å². The van der Waals surface area contributed by atoms with E-state index in [0.717, 1.165) is 17.5 Å². The molecule has 0 unspecified atom stereocenters. The van der Waals surface area contributed by atoms with Crippen LogP contribution in [-0.2, 0) is 6.54 Å². The number of hydrogen-bond acceptors (Lipinski definition) is 4. The van der Waals surface area contributed by atoms with Gasteiger partial charge in [-0.05, 0) is 30.3 Å².